The van der Waals surface area contributed by atoms with Crippen molar-refractivity contribution in [2.75, 3.05) is 11.9 Å². The second-order valence-corrected chi connectivity index (χ2v) is 5.90. The van der Waals surface area contributed by atoms with Crippen LogP contribution in [0.15, 0.2) is 53.5 Å². The third-order valence-electron chi connectivity index (χ3n) is 4.30. The van der Waals surface area contributed by atoms with Crippen LogP contribution in [0.2, 0.25) is 0 Å². The third-order valence-corrected chi connectivity index (χ3v) is 4.30. The first-order valence-corrected chi connectivity index (χ1v) is 8.19. The minimum Gasteiger partial charge on any atom is -0.326 e. The molecule has 2 aromatic carbocycles. The van der Waals surface area contributed by atoms with Gasteiger partial charge in [0.1, 0.15) is 0 Å². The van der Waals surface area contributed by atoms with E-state index in [-0.39, 0.29) is 5.91 Å². The van der Waals surface area contributed by atoms with E-state index in [1.165, 1.54) is 29.3 Å². The zero-order chi connectivity index (χ0) is 16.2. The lowest BCUT2D eigenvalue weighted by Crippen LogP contribution is -2.17. The molecule has 0 aliphatic heterocycles. The van der Waals surface area contributed by atoms with E-state index in [1.54, 1.807) is 0 Å². The Bertz CT molecular complexity index is 732. The van der Waals surface area contributed by atoms with Gasteiger partial charge < -0.3 is 5.32 Å². The van der Waals surface area contributed by atoms with Crippen LogP contribution in [0.5, 0.6) is 0 Å². The Balaban J connectivity index is 1.93. The minimum absolute atomic E-state index is 0.0406. The first-order valence-electron chi connectivity index (χ1n) is 8.19. The number of amides is 1. The topological polar surface area (TPSA) is 41.5 Å². The summed E-state index contributed by atoms with van der Waals surface area (Å²) in [5.41, 5.74) is 6.02. The summed E-state index contributed by atoms with van der Waals surface area (Å²) < 4.78 is 0. The molecule has 1 amide bonds. The normalized spacial score (nSPS) is 18.5. The first-order chi connectivity index (χ1) is 11.2. The molecule has 0 aromatic heterocycles. The number of rotatable bonds is 3. The van der Waals surface area contributed by atoms with E-state index >= 15 is 0 Å². The molecule has 0 saturated heterocycles. The summed E-state index contributed by atoms with van der Waals surface area (Å²) in [7, 11) is 0. The highest BCUT2D eigenvalue weighted by atomic mass is 16.1. The van der Waals surface area contributed by atoms with Gasteiger partial charge in [-0.15, -0.1) is 0 Å². The molecule has 3 rings (SSSR count). The number of fused-ring (bicyclic) bond motifs is 1. The Morgan fingerprint density at radius 1 is 1.17 bits per heavy atom. The van der Waals surface area contributed by atoms with E-state index in [9.17, 15) is 4.79 Å². The van der Waals surface area contributed by atoms with Crippen LogP contribution in [-0.4, -0.2) is 18.2 Å². The highest BCUT2D eigenvalue weighted by molar-refractivity contribution is 6.03. The fourth-order valence-corrected chi connectivity index (χ4v) is 3.34. The number of aliphatic imine (C=N–C) groups is 1. The monoisotopic (exact) mass is 306 g/mol. The highest BCUT2D eigenvalue weighted by Gasteiger charge is 2.24. The number of carbonyl (C=O) groups is 1. The van der Waals surface area contributed by atoms with Crippen LogP contribution in [-0.2, 0) is 4.79 Å². The van der Waals surface area contributed by atoms with Crippen molar-refractivity contribution in [2.45, 2.75) is 32.6 Å². The third kappa shape index (κ3) is 3.34. The molecule has 1 aliphatic carbocycles. The first kappa shape index (κ1) is 15.5. The fourth-order valence-electron chi connectivity index (χ4n) is 3.34. The summed E-state index contributed by atoms with van der Waals surface area (Å²) in [5, 5.41) is 2.82. The second-order valence-electron chi connectivity index (χ2n) is 5.90. The maximum atomic E-state index is 11.1. The Hall–Kier alpha value is -2.42. The average molecular weight is 306 g/mol. The molecule has 0 saturated carbocycles. The molecule has 0 bridgehead atoms. The Labute approximate surface area is 137 Å². The molecule has 3 nitrogen and oxygen atoms in total. The average Bonchev–Trinajstić information content (AvgIpc) is 2.56. The Morgan fingerprint density at radius 3 is 2.61 bits per heavy atom. The van der Waals surface area contributed by atoms with E-state index in [2.05, 4.69) is 53.6 Å². The van der Waals surface area contributed by atoms with Gasteiger partial charge in [-0.05, 0) is 48.6 Å². The summed E-state index contributed by atoms with van der Waals surface area (Å²) in [6, 6.07) is 16.8. The molecule has 23 heavy (non-hydrogen) atoms. The number of hydrogen-bond donors (Lipinski definition) is 1. The van der Waals surface area contributed by atoms with Crippen molar-refractivity contribution in [2.24, 2.45) is 4.99 Å². The van der Waals surface area contributed by atoms with Crippen molar-refractivity contribution in [3.63, 3.8) is 0 Å². The van der Waals surface area contributed by atoms with Gasteiger partial charge in [-0.2, -0.15) is 0 Å². The number of hydrogen-bond acceptors (Lipinski definition) is 2. The summed E-state index contributed by atoms with van der Waals surface area (Å²) >= 11 is 0. The van der Waals surface area contributed by atoms with Crippen molar-refractivity contribution >= 4 is 17.3 Å². The van der Waals surface area contributed by atoms with E-state index in [0.717, 1.165) is 25.1 Å². The Morgan fingerprint density at radius 2 is 1.91 bits per heavy atom. The lowest BCUT2D eigenvalue weighted by atomic mass is 9.78. The van der Waals surface area contributed by atoms with Crippen LogP contribution < -0.4 is 5.32 Å². The molecule has 0 heterocycles. The molecular weight excluding hydrogens is 284 g/mol. The van der Waals surface area contributed by atoms with Gasteiger partial charge in [0.2, 0.25) is 5.91 Å². The highest BCUT2D eigenvalue weighted by Crippen LogP contribution is 2.37. The summed E-state index contributed by atoms with van der Waals surface area (Å²) in [6.45, 7) is 4.45. The van der Waals surface area contributed by atoms with Crippen molar-refractivity contribution < 1.29 is 4.79 Å². The summed E-state index contributed by atoms with van der Waals surface area (Å²) in [6.07, 6.45) is 2.10. The van der Waals surface area contributed by atoms with Gasteiger partial charge in [0.25, 0.3) is 0 Å². The molecule has 118 valence electrons. The number of anilines is 1. The van der Waals surface area contributed by atoms with Gasteiger partial charge in [0.05, 0.1) is 0 Å². The van der Waals surface area contributed by atoms with Crippen LogP contribution in [0.1, 0.15) is 49.3 Å². The van der Waals surface area contributed by atoms with Gasteiger partial charge in [0, 0.05) is 30.8 Å². The zero-order valence-corrected chi connectivity index (χ0v) is 13.7. The van der Waals surface area contributed by atoms with Crippen LogP contribution >= 0.6 is 0 Å². The van der Waals surface area contributed by atoms with Crippen LogP contribution in [0.4, 0.5) is 5.69 Å². The van der Waals surface area contributed by atoms with E-state index in [4.69, 9.17) is 0 Å². The maximum Gasteiger partial charge on any atom is 0.221 e. The van der Waals surface area contributed by atoms with Crippen molar-refractivity contribution in [3.05, 3.63) is 65.2 Å². The van der Waals surface area contributed by atoms with Crippen molar-refractivity contribution in [1.82, 2.24) is 0 Å². The summed E-state index contributed by atoms with van der Waals surface area (Å²) in [4.78, 5) is 15.8. The van der Waals surface area contributed by atoms with Gasteiger partial charge in [-0.3, -0.25) is 9.79 Å². The molecule has 1 unspecified atom stereocenters. The molecule has 0 radical (unpaired) electrons. The SMILES string of the molecule is CCN=C1CCC(c2ccc(NC(C)=O)cc2)c2ccccc21. The smallest absolute Gasteiger partial charge is 0.221 e. The molecule has 1 N–H and O–H groups in total. The Kier molecular flexibility index (Phi) is 4.56. The van der Waals surface area contributed by atoms with Gasteiger partial charge >= 0.3 is 0 Å². The van der Waals surface area contributed by atoms with Gasteiger partial charge in [-0.1, -0.05) is 36.4 Å². The van der Waals surface area contributed by atoms with E-state index in [1.807, 2.05) is 12.1 Å². The molecule has 0 spiro atoms. The molecular formula is C20H22N2O. The maximum absolute atomic E-state index is 11.1. The van der Waals surface area contributed by atoms with Crippen LogP contribution in [0.25, 0.3) is 0 Å². The number of nitrogens with one attached hydrogen (secondary N) is 1. The molecule has 1 aliphatic rings. The van der Waals surface area contributed by atoms with Crippen molar-refractivity contribution in [3.8, 4) is 0 Å². The molecule has 0 fully saturated rings. The number of benzene rings is 2. The second kappa shape index (κ2) is 6.78. The van der Waals surface area contributed by atoms with Crippen LogP contribution in [0.3, 0.4) is 0 Å². The number of nitrogens with zero attached hydrogens (tertiary/aromatic N) is 1. The van der Waals surface area contributed by atoms with E-state index in [0.29, 0.717) is 5.92 Å². The molecule has 1 atom stereocenters. The van der Waals surface area contributed by atoms with Crippen molar-refractivity contribution in [1.29, 1.82) is 0 Å². The van der Waals surface area contributed by atoms with Gasteiger partial charge in [-0.25, -0.2) is 0 Å². The zero-order valence-electron chi connectivity index (χ0n) is 13.7. The largest absolute Gasteiger partial charge is 0.326 e. The minimum atomic E-state index is -0.0406. The predicted octanol–water partition coefficient (Wildman–Crippen LogP) is 4.38. The fraction of sp³-hybridized carbons (Fsp3) is 0.300. The predicted molar refractivity (Wildman–Crippen MR) is 95.3 cm³/mol. The standard InChI is InChI=1S/C20H22N2O/c1-3-21-20-13-12-17(18-6-4-5-7-19(18)20)15-8-10-16(11-9-15)22-14(2)23/h4-11,17H,3,12-13H2,1-2H3,(H,22,23). The molecule has 2 aromatic rings. The number of carbonyl (C=O) groups excluding carboxylic acids is 1. The van der Waals surface area contributed by atoms with E-state index < -0.39 is 0 Å². The molecule has 3 heteroatoms. The quantitative estimate of drug-likeness (QED) is 0.898. The van der Waals surface area contributed by atoms with Gasteiger partial charge in [0.15, 0.2) is 0 Å². The van der Waals surface area contributed by atoms with Crippen LogP contribution in [0, 0.1) is 0 Å². The summed E-state index contributed by atoms with van der Waals surface area (Å²) in [5.74, 6) is 0.356. The lowest BCUT2D eigenvalue weighted by Gasteiger charge is -2.27. The lowest BCUT2D eigenvalue weighted by molar-refractivity contribution is -0.114.